The van der Waals surface area contributed by atoms with Gasteiger partial charge in [-0.15, -0.1) is 20.4 Å². The smallest absolute Gasteiger partial charge is 0.210 e. The van der Waals surface area contributed by atoms with Crippen molar-refractivity contribution in [3.05, 3.63) is 0 Å². The minimum absolute atomic E-state index is 0.729. The first-order valence-electron chi connectivity index (χ1n) is 5.68. The van der Waals surface area contributed by atoms with E-state index in [0.29, 0.717) is 0 Å². The maximum atomic E-state index is 5.96. The lowest BCUT2D eigenvalue weighted by Gasteiger charge is -2.05. The number of hydrogen-bond donors (Lipinski definition) is 2. The first kappa shape index (κ1) is 14.2. The van der Waals surface area contributed by atoms with Crippen molar-refractivity contribution in [2.75, 3.05) is 34.7 Å². The van der Waals surface area contributed by atoms with Gasteiger partial charge in [-0.1, -0.05) is 47.0 Å². The third-order valence-electron chi connectivity index (χ3n) is 2.36. The molecule has 4 N–H and O–H groups in total. The van der Waals surface area contributed by atoms with Crippen LogP contribution in [-0.4, -0.2) is 52.8 Å². The molecule has 8 nitrogen and oxygen atoms in total. The first-order chi connectivity index (χ1) is 9.75. The summed E-state index contributed by atoms with van der Waals surface area (Å²) in [6.07, 6.45) is 0. The van der Waals surface area contributed by atoms with Gasteiger partial charge in [0.2, 0.25) is 20.6 Å². The zero-order valence-corrected chi connectivity index (χ0v) is 13.6. The topological polar surface area (TPSA) is 113 Å². The van der Waals surface area contributed by atoms with Crippen molar-refractivity contribution in [3.63, 3.8) is 0 Å². The van der Waals surface area contributed by atoms with Crippen molar-refractivity contribution < 1.29 is 0 Å². The number of hydrogen-bond acceptors (Lipinski definition) is 10. The van der Waals surface area contributed by atoms with Crippen LogP contribution >= 0.6 is 47.0 Å². The van der Waals surface area contributed by atoms with Crippen molar-refractivity contribution in [1.82, 2.24) is 29.7 Å². The molecule has 1 aliphatic heterocycles. The third-order valence-corrected chi connectivity index (χ3v) is 6.65. The molecule has 0 amide bonds. The van der Waals surface area contributed by atoms with Crippen LogP contribution in [0.1, 0.15) is 0 Å². The van der Waals surface area contributed by atoms with Gasteiger partial charge in [-0.3, -0.25) is 0 Å². The van der Waals surface area contributed by atoms with Crippen molar-refractivity contribution in [1.29, 1.82) is 0 Å². The van der Waals surface area contributed by atoms with Gasteiger partial charge in [-0.25, -0.2) is 9.35 Å². The number of aromatic nitrogens is 6. The Kier molecular flexibility index (Phi) is 4.53. The number of nitrogens with two attached hydrogens (primary N) is 2. The summed E-state index contributed by atoms with van der Waals surface area (Å²) in [5.41, 5.74) is 0. The monoisotopic (exact) mass is 348 g/mol. The van der Waals surface area contributed by atoms with Crippen LogP contribution in [0, 0.1) is 0 Å². The van der Waals surface area contributed by atoms with Crippen LogP contribution in [0.5, 0.6) is 0 Å². The van der Waals surface area contributed by atoms with Gasteiger partial charge < -0.3 is 11.7 Å². The van der Waals surface area contributed by atoms with Crippen LogP contribution in [0.3, 0.4) is 0 Å². The van der Waals surface area contributed by atoms with Gasteiger partial charge in [0.15, 0.2) is 0 Å². The van der Waals surface area contributed by atoms with Gasteiger partial charge in [0.25, 0.3) is 0 Å². The molecule has 0 spiro atoms. The summed E-state index contributed by atoms with van der Waals surface area (Å²) in [5.74, 6) is 15.3. The second-order valence-electron chi connectivity index (χ2n) is 3.66. The largest absolute Gasteiger partial charge is 0.335 e. The number of rotatable bonds is 0. The molecule has 0 aromatic carbocycles. The quantitative estimate of drug-likeness (QED) is 0.648. The second kappa shape index (κ2) is 6.37. The van der Waals surface area contributed by atoms with E-state index in [-0.39, 0.29) is 0 Å². The lowest BCUT2D eigenvalue weighted by Crippen LogP contribution is -2.13. The Morgan fingerprint density at radius 2 is 0.850 bits per heavy atom. The molecular weight excluding hydrogens is 336 g/mol. The molecule has 0 unspecified atom stereocenters. The highest BCUT2D eigenvalue weighted by Crippen LogP contribution is 2.26. The summed E-state index contributed by atoms with van der Waals surface area (Å²) in [7, 11) is 0. The van der Waals surface area contributed by atoms with Gasteiger partial charge in [0.1, 0.15) is 0 Å². The lowest BCUT2D eigenvalue weighted by atomic mass is 11.0. The maximum absolute atomic E-state index is 5.96. The first-order valence-corrected chi connectivity index (χ1v) is 9.62. The number of nitrogens with zero attached hydrogens (tertiary/aromatic N) is 6. The van der Waals surface area contributed by atoms with E-state index >= 15 is 0 Å². The molecule has 3 heterocycles. The normalized spacial score (nSPS) is 16.8. The lowest BCUT2D eigenvalue weighted by molar-refractivity contribution is 0.779. The SMILES string of the molecule is Nn1c2nnc1SCCSc1nnc(n1N)SCCS2. The molecule has 108 valence electrons. The van der Waals surface area contributed by atoms with E-state index in [4.69, 9.17) is 11.7 Å². The standard InChI is InChI=1S/C8H12N8S4/c9-15-5-11-13-7(15)19-3-4-20-8-14-12-6(16(8)10)18-2-1-17-5/h1-4,9-10H2. The van der Waals surface area contributed by atoms with Gasteiger partial charge in [-0.2, -0.15) is 0 Å². The second-order valence-corrected chi connectivity index (χ2v) is 7.91. The van der Waals surface area contributed by atoms with Crippen LogP contribution in [0.4, 0.5) is 0 Å². The molecule has 0 saturated heterocycles. The van der Waals surface area contributed by atoms with Crippen LogP contribution in [0.15, 0.2) is 20.6 Å². The molecule has 3 rings (SSSR count). The highest BCUT2D eigenvalue weighted by atomic mass is 32.2. The zero-order chi connectivity index (χ0) is 13.9. The molecule has 0 radical (unpaired) electrons. The summed E-state index contributed by atoms with van der Waals surface area (Å²) >= 11 is 6.28. The minimum Gasteiger partial charge on any atom is -0.335 e. The van der Waals surface area contributed by atoms with Gasteiger partial charge >= 0.3 is 0 Å². The molecule has 2 aromatic heterocycles. The van der Waals surface area contributed by atoms with E-state index in [9.17, 15) is 0 Å². The molecule has 0 saturated carbocycles. The molecule has 4 bridgehead atoms. The third kappa shape index (κ3) is 2.97. The van der Waals surface area contributed by atoms with E-state index in [1.165, 1.54) is 0 Å². The summed E-state index contributed by atoms with van der Waals surface area (Å²) < 4.78 is 3.10. The maximum Gasteiger partial charge on any atom is 0.210 e. The van der Waals surface area contributed by atoms with Crippen molar-refractivity contribution >= 4 is 47.0 Å². The van der Waals surface area contributed by atoms with Crippen LogP contribution in [0.2, 0.25) is 0 Å². The summed E-state index contributed by atoms with van der Waals surface area (Å²) in [5, 5.41) is 19.3. The average molecular weight is 349 g/mol. The zero-order valence-electron chi connectivity index (χ0n) is 10.3. The van der Waals surface area contributed by atoms with E-state index in [1.807, 2.05) is 0 Å². The predicted octanol–water partition coefficient (Wildman–Crippen LogP) is 0.379. The fourth-order valence-corrected chi connectivity index (χ4v) is 4.93. The van der Waals surface area contributed by atoms with E-state index in [0.717, 1.165) is 43.6 Å². The summed E-state index contributed by atoms with van der Waals surface area (Å²) in [6.45, 7) is 0. The van der Waals surface area contributed by atoms with E-state index < -0.39 is 0 Å². The van der Waals surface area contributed by atoms with E-state index in [2.05, 4.69) is 20.4 Å². The molecular formula is C8H12N8S4. The Morgan fingerprint density at radius 1 is 0.600 bits per heavy atom. The molecule has 0 fully saturated rings. The Labute approximate surface area is 132 Å². The Hall–Kier alpha value is -0.720. The summed E-state index contributed by atoms with van der Waals surface area (Å²) in [6, 6.07) is 0. The van der Waals surface area contributed by atoms with Gasteiger partial charge in [0, 0.05) is 23.0 Å². The number of nitrogen functional groups attached to an aromatic ring is 2. The van der Waals surface area contributed by atoms with Crippen molar-refractivity contribution in [3.8, 4) is 0 Å². The molecule has 20 heavy (non-hydrogen) atoms. The Balaban J connectivity index is 1.76. The fraction of sp³-hybridized carbons (Fsp3) is 0.500. The molecule has 1 aliphatic rings. The fourth-order valence-electron chi connectivity index (χ4n) is 1.45. The number of fused-ring (bicyclic) bond motifs is 4. The van der Waals surface area contributed by atoms with Crippen molar-refractivity contribution in [2.45, 2.75) is 20.6 Å². The highest BCUT2D eigenvalue weighted by molar-refractivity contribution is 8.03. The molecule has 2 aromatic rings. The van der Waals surface area contributed by atoms with Crippen molar-refractivity contribution in [2.24, 2.45) is 0 Å². The minimum atomic E-state index is 0.729. The van der Waals surface area contributed by atoms with Gasteiger partial charge in [0.05, 0.1) is 0 Å². The molecule has 0 atom stereocenters. The predicted molar refractivity (Wildman–Crippen MR) is 83.2 cm³/mol. The average Bonchev–Trinajstić information content (AvgIpc) is 2.95. The molecule has 12 heteroatoms. The summed E-state index contributed by atoms with van der Waals surface area (Å²) in [4.78, 5) is 0. The van der Waals surface area contributed by atoms with Crippen LogP contribution in [-0.2, 0) is 0 Å². The highest BCUT2D eigenvalue weighted by Gasteiger charge is 2.14. The number of thioether (sulfide) groups is 4. The Bertz CT molecular complexity index is 496. The molecule has 0 aliphatic carbocycles. The van der Waals surface area contributed by atoms with Gasteiger partial charge in [-0.05, 0) is 0 Å². The van der Waals surface area contributed by atoms with E-state index in [1.54, 1.807) is 56.4 Å². The van der Waals surface area contributed by atoms with Crippen LogP contribution in [0.25, 0.3) is 0 Å². The van der Waals surface area contributed by atoms with Crippen LogP contribution < -0.4 is 11.7 Å². The Morgan fingerprint density at radius 3 is 1.10 bits per heavy atom.